The molecule has 0 spiro atoms. The van der Waals surface area contributed by atoms with Crippen LogP contribution in [0.25, 0.3) is 0 Å². The zero-order chi connectivity index (χ0) is 14.7. The summed E-state index contributed by atoms with van der Waals surface area (Å²) in [6.45, 7) is 1.81. The molecule has 0 unspecified atom stereocenters. The highest BCUT2D eigenvalue weighted by Crippen LogP contribution is 2.33. The van der Waals surface area contributed by atoms with Gasteiger partial charge in [-0.15, -0.1) is 0 Å². The first-order valence-electron chi connectivity index (χ1n) is 7.23. The van der Waals surface area contributed by atoms with Crippen molar-refractivity contribution >= 4 is 5.71 Å². The van der Waals surface area contributed by atoms with Gasteiger partial charge in [0.05, 0.1) is 5.71 Å². The summed E-state index contributed by atoms with van der Waals surface area (Å²) < 4.78 is 5.82. The van der Waals surface area contributed by atoms with Crippen molar-refractivity contribution in [1.82, 2.24) is 0 Å². The highest BCUT2D eigenvalue weighted by molar-refractivity contribution is 5.91. The minimum Gasteiger partial charge on any atom is -0.357 e. The number of benzene rings is 2. The molecule has 0 aromatic heterocycles. The van der Waals surface area contributed by atoms with Crippen LogP contribution >= 0.6 is 0 Å². The zero-order valence-electron chi connectivity index (χ0n) is 12.1. The summed E-state index contributed by atoms with van der Waals surface area (Å²) in [6, 6.07) is 19.7. The third-order valence-electron chi connectivity index (χ3n) is 3.82. The Bertz CT molecular complexity index is 624. The van der Waals surface area contributed by atoms with Crippen molar-refractivity contribution in [3.8, 4) is 0 Å². The topological polar surface area (TPSA) is 41.8 Å². The maximum atomic E-state index is 10.7. The molecule has 2 atom stereocenters. The molecule has 2 aromatic rings. The number of aryl methyl sites for hydroxylation is 1. The van der Waals surface area contributed by atoms with E-state index in [9.17, 15) is 5.11 Å². The van der Waals surface area contributed by atoms with E-state index in [2.05, 4.69) is 17.1 Å². The fourth-order valence-electron chi connectivity index (χ4n) is 2.61. The van der Waals surface area contributed by atoms with Crippen LogP contribution in [0.5, 0.6) is 0 Å². The smallest absolute Gasteiger partial charge is 0.234 e. The molecule has 21 heavy (non-hydrogen) atoms. The van der Waals surface area contributed by atoms with Crippen LogP contribution in [0.15, 0.2) is 65.7 Å². The minimum atomic E-state index is -1.39. The minimum absolute atomic E-state index is 0.296. The van der Waals surface area contributed by atoms with Crippen LogP contribution in [0.3, 0.4) is 0 Å². The van der Waals surface area contributed by atoms with E-state index < -0.39 is 5.79 Å². The van der Waals surface area contributed by atoms with Crippen LogP contribution in [0.4, 0.5) is 0 Å². The van der Waals surface area contributed by atoms with Crippen molar-refractivity contribution < 1.29 is 9.84 Å². The molecule has 0 radical (unpaired) electrons. The van der Waals surface area contributed by atoms with Crippen LogP contribution in [-0.4, -0.2) is 17.0 Å². The SMILES string of the molecule is CC1=N[C@H](CCc2ccccc2)O[C@]1(O)c1ccccc1. The Morgan fingerprint density at radius 1 is 1.05 bits per heavy atom. The van der Waals surface area contributed by atoms with Gasteiger partial charge >= 0.3 is 0 Å². The first kappa shape index (κ1) is 14.0. The molecule has 0 saturated carbocycles. The highest BCUT2D eigenvalue weighted by Gasteiger charge is 2.41. The van der Waals surface area contributed by atoms with Gasteiger partial charge in [-0.2, -0.15) is 0 Å². The summed E-state index contributed by atoms with van der Waals surface area (Å²) in [5, 5.41) is 10.7. The standard InChI is InChI=1S/C18H19NO2/c1-14-18(20,16-10-6-3-7-11-16)21-17(19-14)13-12-15-8-4-2-5-9-15/h2-11,17,20H,12-13H2,1H3/t17-,18-/m0/s1. The van der Waals surface area contributed by atoms with Gasteiger partial charge < -0.3 is 9.84 Å². The molecule has 2 aromatic carbocycles. The molecule has 0 bridgehead atoms. The average molecular weight is 281 g/mol. The van der Waals surface area contributed by atoms with Crippen LogP contribution in [0.2, 0.25) is 0 Å². The third-order valence-corrected chi connectivity index (χ3v) is 3.82. The van der Waals surface area contributed by atoms with Crippen molar-refractivity contribution in [2.24, 2.45) is 4.99 Å². The lowest BCUT2D eigenvalue weighted by Crippen LogP contribution is -2.34. The maximum absolute atomic E-state index is 10.7. The van der Waals surface area contributed by atoms with Crippen molar-refractivity contribution in [3.05, 3.63) is 71.8 Å². The molecule has 1 aliphatic rings. The number of hydrogen-bond donors (Lipinski definition) is 1. The number of ether oxygens (including phenoxy) is 1. The second kappa shape index (κ2) is 5.80. The van der Waals surface area contributed by atoms with E-state index >= 15 is 0 Å². The first-order valence-corrected chi connectivity index (χ1v) is 7.23. The fraction of sp³-hybridized carbons (Fsp3) is 0.278. The Balaban J connectivity index is 1.69. The summed E-state index contributed by atoms with van der Waals surface area (Å²) in [7, 11) is 0. The molecule has 3 nitrogen and oxygen atoms in total. The number of rotatable bonds is 4. The molecule has 3 rings (SSSR count). The normalized spacial score (nSPS) is 24.9. The van der Waals surface area contributed by atoms with Gasteiger partial charge in [0.25, 0.3) is 0 Å². The van der Waals surface area contributed by atoms with E-state index in [1.807, 2.05) is 55.5 Å². The Morgan fingerprint density at radius 3 is 2.33 bits per heavy atom. The molecule has 1 heterocycles. The lowest BCUT2D eigenvalue weighted by Gasteiger charge is -2.24. The molecule has 1 N–H and O–H groups in total. The predicted octanol–water partition coefficient (Wildman–Crippen LogP) is 3.28. The average Bonchev–Trinajstić information content (AvgIpc) is 2.83. The number of hydrogen-bond acceptors (Lipinski definition) is 3. The van der Waals surface area contributed by atoms with E-state index in [1.54, 1.807) is 0 Å². The van der Waals surface area contributed by atoms with E-state index in [-0.39, 0.29) is 6.23 Å². The Hall–Kier alpha value is -1.97. The monoisotopic (exact) mass is 281 g/mol. The van der Waals surface area contributed by atoms with Gasteiger partial charge in [-0.25, -0.2) is 0 Å². The largest absolute Gasteiger partial charge is 0.357 e. The Labute approximate surface area is 124 Å². The van der Waals surface area contributed by atoms with Gasteiger partial charge in [0, 0.05) is 5.56 Å². The van der Waals surface area contributed by atoms with E-state index in [0.29, 0.717) is 5.71 Å². The lowest BCUT2D eigenvalue weighted by molar-refractivity contribution is -0.172. The molecular weight excluding hydrogens is 262 g/mol. The summed E-state index contributed by atoms with van der Waals surface area (Å²) in [4.78, 5) is 4.48. The van der Waals surface area contributed by atoms with Crippen molar-refractivity contribution in [2.45, 2.75) is 31.8 Å². The zero-order valence-corrected chi connectivity index (χ0v) is 12.1. The van der Waals surface area contributed by atoms with Crippen molar-refractivity contribution in [1.29, 1.82) is 0 Å². The molecular formula is C18H19NO2. The van der Waals surface area contributed by atoms with E-state index in [1.165, 1.54) is 5.56 Å². The molecule has 108 valence electrons. The number of aliphatic hydroxyl groups is 1. The second-order valence-corrected chi connectivity index (χ2v) is 5.32. The quantitative estimate of drug-likeness (QED) is 0.934. The summed E-state index contributed by atoms with van der Waals surface area (Å²) in [6.07, 6.45) is 1.35. The van der Waals surface area contributed by atoms with Gasteiger partial charge in [0.2, 0.25) is 5.79 Å². The van der Waals surface area contributed by atoms with Crippen LogP contribution in [-0.2, 0) is 16.9 Å². The summed E-state index contributed by atoms with van der Waals surface area (Å²) in [5.41, 5.74) is 2.60. The molecule has 1 aliphatic heterocycles. The molecule has 0 fully saturated rings. The highest BCUT2D eigenvalue weighted by atomic mass is 16.6. The number of nitrogens with zero attached hydrogens (tertiary/aromatic N) is 1. The van der Waals surface area contributed by atoms with Gasteiger partial charge in [-0.1, -0.05) is 60.7 Å². The molecule has 0 aliphatic carbocycles. The van der Waals surface area contributed by atoms with Gasteiger partial charge in [0.15, 0.2) is 6.23 Å². The van der Waals surface area contributed by atoms with Crippen LogP contribution < -0.4 is 0 Å². The summed E-state index contributed by atoms with van der Waals surface area (Å²) in [5.74, 6) is -1.39. The molecule has 3 heteroatoms. The fourth-order valence-corrected chi connectivity index (χ4v) is 2.61. The second-order valence-electron chi connectivity index (χ2n) is 5.32. The van der Waals surface area contributed by atoms with E-state index in [0.717, 1.165) is 18.4 Å². The van der Waals surface area contributed by atoms with Crippen molar-refractivity contribution in [3.63, 3.8) is 0 Å². The van der Waals surface area contributed by atoms with Crippen LogP contribution in [0, 0.1) is 0 Å². The van der Waals surface area contributed by atoms with Gasteiger partial charge in [-0.05, 0) is 25.3 Å². The van der Waals surface area contributed by atoms with Crippen molar-refractivity contribution in [2.75, 3.05) is 0 Å². The van der Waals surface area contributed by atoms with Gasteiger partial charge in [0.1, 0.15) is 0 Å². The maximum Gasteiger partial charge on any atom is 0.234 e. The van der Waals surface area contributed by atoms with E-state index in [4.69, 9.17) is 4.74 Å². The summed E-state index contributed by atoms with van der Waals surface area (Å²) >= 11 is 0. The molecule has 0 amide bonds. The van der Waals surface area contributed by atoms with Crippen LogP contribution in [0.1, 0.15) is 24.5 Å². The predicted molar refractivity (Wildman–Crippen MR) is 83.1 cm³/mol. The number of aliphatic imine (C=N–C) groups is 1. The first-order chi connectivity index (χ1) is 10.2. The van der Waals surface area contributed by atoms with Gasteiger partial charge in [-0.3, -0.25) is 4.99 Å². The molecule has 0 saturated heterocycles. The Morgan fingerprint density at radius 2 is 1.67 bits per heavy atom. The third kappa shape index (κ3) is 2.89. The Kier molecular flexibility index (Phi) is 3.86. The lowest BCUT2D eigenvalue weighted by atomic mass is 10.0.